The number of aryl methyl sites for hydroxylation is 2. The lowest BCUT2D eigenvalue weighted by Crippen LogP contribution is -2.46. The molecule has 0 radical (unpaired) electrons. The van der Waals surface area contributed by atoms with E-state index >= 15 is 0 Å². The fourth-order valence-electron chi connectivity index (χ4n) is 7.00. The molecule has 0 aliphatic carbocycles. The summed E-state index contributed by atoms with van der Waals surface area (Å²) in [6.07, 6.45) is 7.34. The number of aromatic nitrogens is 4. The third-order valence-electron chi connectivity index (χ3n) is 9.73. The Kier molecular flexibility index (Phi) is 12.7. The number of ether oxygens (including phenoxy) is 1. The summed E-state index contributed by atoms with van der Waals surface area (Å²) in [5, 5.41) is 9.35. The van der Waals surface area contributed by atoms with Gasteiger partial charge in [-0.25, -0.2) is 9.59 Å². The molecule has 4 aromatic heterocycles. The second kappa shape index (κ2) is 17.3. The van der Waals surface area contributed by atoms with Crippen molar-refractivity contribution < 1.29 is 19.4 Å². The number of esters is 1. The Morgan fingerprint density at radius 3 is 1.44 bits per heavy atom. The standard InChI is InChI=1S/C20H28N4O2.C18H24N4O2/c1-4-24-18(20(25)26-5-2)14-16(3)19(24)15-22-10-12-23(13-11-22)17-6-8-21-9-7-17;1-3-22-16(18(23)24)12-14(2)17(22)13-20-8-10-21(11-9-20)15-4-6-19-7-5-15/h6-9,14H,4-5,10-13,15H2,1-3H3;4-7,12H,3,8-11,13H2,1-2H3,(H,23,24). The minimum absolute atomic E-state index is 0.230. The second-order valence-electron chi connectivity index (χ2n) is 12.8. The Morgan fingerprint density at radius 2 is 1.06 bits per heavy atom. The Morgan fingerprint density at radius 1 is 0.660 bits per heavy atom. The van der Waals surface area contributed by atoms with Crippen LogP contribution in [0, 0.1) is 13.8 Å². The van der Waals surface area contributed by atoms with Gasteiger partial charge >= 0.3 is 11.9 Å². The van der Waals surface area contributed by atoms with E-state index in [2.05, 4.69) is 60.1 Å². The van der Waals surface area contributed by atoms with E-state index < -0.39 is 5.97 Å². The number of nitrogens with zero attached hydrogens (tertiary/aromatic N) is 8. The van der Waals surface area contributed by atoms with E-state index in [1.54, 1.807) is 6.07 Å². The molecule has 12 nitrogen and oxygen atoms in total. The first-order chi connectivity index (χ1) is 24.2. The van der Waals surface area contributed by atoms with Gasteiger partial charge in [0.1, 0.15) is 11.4 Å². The van der Waals surface area contributed by atoms with Gasteiger partial charge in [-0.1, -0.05) is 0 Å². The molecular weight excluding hydrogens is 632 g/mol. The van der Waals surface area contributed by atoms with Gasteiger partial charge < -0.3 is 28.8 Å². The van der Waals surface area contributed by atoms with Crippen molar-refractivity contribution in [3.8, 4) is 0 Å². The highest BCUT2D eigenvalue weighted by molar-refractivity contribution is 5.88. The lowest BCUT2D eigenvalue weighted by Gasteiger charge is -2.36. The number of rotatable bonds is 11. The molecule has 0 saturated carbocycles. The first-order valence-corrected chi connectivity index (χ1v) is 17.8. The number of hydrogen-bond acceptors (Lipinski definition) is 9. The molecule has 0 amide bonds. The maximum absolute atomic E-state index is 12.2. The van der Waals surface area contributed by atoms with E-state index in [0.29, 0.717) is 24.5 Å². The Labute approximate surface area is 295 Å². The summed E-state index contributed by atoms with van der Waals surface area (Å²) in [5.74, 6) is -1.08. The van der Waals surface area contributed by atoms with Crippen LogP contribution in [0.2, 0.25) is 0 Å². The average Bonchev–Trinajstić information content (AvgIpc) is 3.64. The fourth-order valence-corrected chi connectivity index (χ4v) is 7.00. The molecule has 4 aromatic rings. The van der Waals surface area contributed by atoms with Crippen LogP contribution in [0.1, 0.15) is 64.3 Å². The summed E-state index contributed by atoms with van der Waals surface area (Å²) < 4.78 is 9.23. The zero-order valence-electron chi connectivity index (χ0n) is 30.2. The van der Waals surface area contributed by atoms with Crippen LogP contribution in [0.5, 0.6) is 0 Å². The van der Waals surface area contributed by atoms with Gasteiger partial charge in [-0.15, -0.1) is 0 Å². The van der Waals surface area contributed by atoms with Crippen LogP contribution in [0.4, 0.5) is 11.4 Å². The Hall–Kier alpha value is -4.68. The molecule has 2 aliphatic heterocycles. The van der Waals surface area contributed by atoms with Crippen molar-refractivity contribution in [3.63, 3.8) is 0 Å². The third kappa shape index (κ3) is 8.72. The zero-order valence-corrected chi connectivity index (χ0v) is 30.2. The number of aromatic carboxylic acids is 1. The third-order valence-corrected chi connectivity index (χ3v) is 9.73. The smallest absolute Gasteiger partial charge is 0.354 e. The molecule has 50 heavy (non-hydrogen) atoms. The largest absolute Gasteiger partial charge is 0.477 e. The van der Waals surface area contributed by atoms with E-state index in [-0.39, 0.29) is 5.97 Å². The maximum Gasteiger partial charge on any atom is 0.354 e. The Balaban J connectivity index is 0.000000195. The minimum Gasteiger partial charge on any atom is -0.477 e. The SMILES string of the molecule is CCOC(=O)c1cc(C)c(CN2CCN(c3ccncc3)CC2)n1CC.CCn1c(C(=O)O)cc(C)c1CN1CCN(c2ccncc2)CC1. The number of pyridine rings is 2. The number of piperazine rings is 2. The summed E-state index contributed by atoms with van der Waals surface area (Å²) in [6.45, 7) is 21.4. The van der Waals surface area contributed by atoms with Crippen LogP contribution in [0.15, 0.2) is 61.2 Å². The summed E-state index contributed by atoms with van der Waals surface area (Å²) in [6, 6.07) is 12.0. The maximum atomic E-state index is 12.2. The highest BCUT2D eigenvalue weighted by Crippen LogP contribution is 2.22. The molecule has 6 heterocycles. The summed E-state index contributed by atoms with van der Waals surface area (Å²) in [4.78, 5) is 41.4. The van der Waals surface area contributed by atoms with E-state index in [4.69, 9.17) is 4.74 Å². The lowest BCUT2D eigenvalue weighted by molar-refractivity contribution is 0.0512. The van der Waals surface area contributed by atoms with Gasteiger partial charge in [0, 0.05) is 126 Å². The molecule has 268 valence electrons. The van der Waals surface area contributed by atoms with Crippen molar-refractivity contribution in [2.24, 2.45) is 0 Å². The van der Waals surface area contributed by atoms with Gasteiger partial charge in [0.25, 0.3) is 0 Å². The molecule has 2 saturated heterocycles. The first kappa shape index (κ1) is 36.6. The molecular formula is C38H52N8O4. The normalized spacial score (nSPS) is 15.5. The van der Waals surface area contributed by atoms with Gasteiger partial charge in [0.2, 0.25) is 0 Å². The Bertz CT molecular complexity index is 1690. The molecule has 0 unspecified atom stereocenters. The van der Waals surface area contributed by atoms with Crippen LogP contribution < -0.4 is 9.80 Å². The van der Waals surface area contributed by atoms with Crippen LogP contribution >= 0.6 is 0 Å². The molecule has 1 N–H and O–H groups in total. The first-order valence-electron chi connectivity index (χ1n) is 17.8. The fraction of sp³-hybridized carbons (Fsp3) is 0.474. The van der Waals surface area contributed by atoms with E-state index in [9.17, 15) is 14.7 Å². The molecule has 6 rings (SSSR count). The van der Waals surface area contributed by atoms with E-state index in [0.717, 1.165) is 88.8 Å². The van der Waals surface area contributed by atoms with Gasteiger partial charge in [0.15, 0.2) is 0 Å². The highest BCUT2D eigenvalue weighted by Gasteiger charge is 2.24. The van der Waals surface area contributed by atoms with E-state index in [1.807, 2.05) is 68.3 Å². The summed E-state index contributed by atoms with van der Waals surface area (Å²) in [7, 11) is 0. The molecule has 0 aromatic carbocycles. The van der Waals surface area contributed by atoms with Crippen molar-refractivity contribution in [3.05, 3.63) is 95.1 Å². The van der Waals surface area contributed by atoms with Crippen molar-refractivity contribution in [1.82, 2.24) is 28.9 Å². The number of carbonyl (C=O) groups excluding carboxylic acids is 1. The predicted molar refractivity (Wildman–Crippen MR) is 196 cm³/mol. The number of anilines is 2. The molecule has 0 atom stereocenters. The predicted octanol–water partition coefficient (Wildman–Crippen LogP) is 4.94. The minimum atomic E-state index is -0.853. The number of carbonyl (C=O) groups is 2. The van der Waals surface area contributed by atoms with Crippen LogP contribution in [-0.4, -0.2) is 105 Å². The van der Waals surface area contributed by atoms with Crippen LogP contribution in [-0.2, 0) is 30.9 Å². The van der Waals surface area contributed by atoms with Crippen molar-refractivity contribution in [2.75, 3.05) is 68.8 Å². The van der Waals surface area contributed by atoms with Crippen molar-refractivity contribution in [2.45, 2.75) is 60.8 Å². The van der Waals surface area contributed by atoms with Gasteiger partial charge in [-0.05, 0) is 82.1 Å². The highest BCUT2D eigenvalue weighted by atomic mass is 16.5. The van der Waals surface area contributed by atoms with Gasteiger partial charge in [0.05, 0.1) is 6.61 Å². The van der Waals surface area contributed by atoms with Crippen molar-refractivity contribution in [1.29, 1.82) is 0 Å². The quantitative estimate of drug-likeness (QED) is 0.218. The molecule has 12 heteroatoms. The molecule has 0 bridgehead atoms. The van der Waals surface area contributed by atoms with Crippen LogP contribution in [0.25, 0.3) is 0 Å². The summed E-state index contributed by atoms with van der Waals surface area (Å²) >= 11 is 0. The van der Waals surface area contributed by atoms with E-state index in [1.165, 1.54) is 17.1 Å². The van der Waals surface area contributed by atoms with Crippen LogP contribution in [0.3, 0.4) is 0 Å². The summed E-state index contributed by atoms with van der Waals surface area (Å²) in [5.41, 5.74) is 8.05. The average molecular weight is 685 g/mol. The van der Waals surface area contributed by atoms with Crippen molar-refractivity contribution >= 4 is 23.3 Å². The number of hydrogen-bond donors (Lipinski definition) is 1. The number of carboxylic acids is 1. The molecule has 2 aliphatic rings. The number of carboxylic acid groups (broad SMARTS) is 1. The zero-order chi connectivity index (χ0) is 35.6. The van der Waals surface area contributed by atoms with Gasteiger partial charge in [-0.3, -0.25) is 19.8 Å². The van der Waals surface area contributed by atoms with Gasteiger partial charge in [-0.2, -0.15) is 0 Å². The molecule has 2 fully saturated rings. The monoisotopic (exact) mass is 684 g/mol. The lowest BCUT2D eigenvalue weighted by atomic mass is 10.2. The molecule has 0 spiro atoms. The topological polar surface area (TPSA) is 112 Å². The second-order valence-corrected chi connectivity index (χ2v) is 12.8.